The van der Waals surface area contributed by atoms with Crippen molar-refractivity contribution in [2.45, 2.75) is 25.9 Å². The van der Waals surface area contributed by atoms with Crippen LogP contribution < -0.4 is 5.32 Å². The van der Waals surface area contributed by atoms with Crippen molar-refractivity contribution in [2.24, 2.45) is 0 Å². The van der Waals surface area contributed by atoms with Crippen LogP contribution in [0.15, 0.2) is 35.5 Å². The first-order chi connectivity index (χ1) is 11.0. The molecular formula is C16H17N5OS. The van der Waals surface area contributed by atoms with Gasteiger partial charge >= 0.3 is 0 Å². The normalized spacial score (nSPS) is 10.9. The monoisotopic (exact) mass is 327 g/mol. The average molecular weight is 327 g/mol. The first-order valence-corrected chi connectivity index (χ1v) is 8.20. The molecule has 1 amide bonds. The predicted octanol–water partition coefficient (Wildman–Crippen LogP) is 2.78. The van der Waals surface area contributed by atoms with Gasteiger partial charge in [-0.15, -0.1) is 10.2 Å². The molecule has 0 aliphatic rings. The van der Waals surface area contributed by atoms with Gasteiger partial charge in [0.2, 0.25) is 5.91 Å². The van der Waals surface area contributed by atoms with Gasteiger partial charge < -0.3 is 5.32 Å². The number of aryl methyl sites for hydroxylation is 3. The number of benzene rings is 1. The lowest BCUT2D eigenvalue weighted by atomic mass is 10.2. The van der Waals surface area contributed by atoms with E-state index in [2.05, 4.69) is 20.5 Å². The number of anilines is 1. The van der Waals surface area contributed by atoms with Gasteiger partial charge in [0.1, 0.15) is 0 Å². The minimum absolute atomic E-state index is 0.0756. The lowest BCUT2D eigenvalue weighted by Gasteiger charge is -2.06. The van der Waals surface area contributed by atoms with Crippen LogP contribution in [0.1, 0.15) is 17.0 Å². The second-order valence-electron chi connectivity index (χ2n) is 5.36. The molecule has 0 atom stereocenters. The molecule has 0 fully saturated rings. The van der Waals surface area contributed by atoms with Crippen LogP contribution in [-0.4, -0.2) is 31.2 Å². The Morgan fingerprint density at radius 3 is 2.65 bits per heavy atom. The standard InChI is InChI=1S/C16H17N5OS/c1-10-4-6-13(7-5-10)18-14(22)9-23-16-20-19-15-17-11(2)8-12(3)21(15)16/h4-8H,9H2,1-3H3,(H,18,22). The Hall–Kier alpha value is -2.41. The molecule has 23 heavy (non-hydrogen) atoms. The van der Waals surface area contributed by atoms with Gasteiger partial charge in [-0.05, 0) is 39.0 Å². The third-order valence-corrected chi connectivity index (χ3v) is 4.26. The summed E-state index contributed by atoms with van der Waals surface area (Å²) in [4.78, 5) is 16.4. The molecule has 118 valence electrons. The molecule has 6 nitrogen and oxygen atoms in total. The molecule has 0 saturated carbocycles. The highest BCUT2D eigenvalue weighted by molar-refractivity contribution is 7.99. The number of rotatable bonds is 4. The van der Waals surface area contributed by atoms with Crippen molar-refractivity contribution in [3.63, 3.8) is 0 Å². The second kappa shape index (κ2) is 6.37. The topological polar surface area (TPSA) is 72.2 Å². The summed E-state index contributed by atoms with van der Waals surface area (Å²) >= 11 is 1.34. The van der Waals surface area contributed by atoms with Crippen molar-refractivity contribution in [3.8, 4) is 0 Å². The molecule has 0 unspecified atom stereocenters. The van der Waals surface area contributed by atoms with E-state index < -0.39 is 0 Å². The third-order valence-electron chi connectivity index (χ3n) is 3.33. The zero-order valence-corrected chi connectivity index (χ0v) is 14.0. The Balaban J connectivity index is 1.68. The highest BCUT2D eigenvalue weighted by Crippen LogP contribution is 2.19. The quantitative estimate of drug-likeness (QED) is 0.746. The first kappa shape index (κ1) is 15.5. The van der Waals surface area contributed by atoms with E-state index >= 15 is 0 Å². The molecule has 3 aromatic rings. The number of aromatic nitrogens is 4. The fourth-order valence-electron chi connectivity index (χ4n) is 2.26. The summed E-state index contributed by atoms with van der Waals surface area (Å²) in [7, 11) is 0. The second-order valence-corrected chi connectivity index (χ2v) is 6.30. The van der Waals surface area contributed by atoms with Crippen LogP contribution >= 0.6 is 11.8 Å². The number of carbonyl (C=O) groups is 1. The van der Waals surface area contributed by atoms with Crippen molar-refractivity contribution >= 4 is 29.1 Å². The average Bonchev–Trinajstić information content (AvgIpc) is 2.91. The van der Waals surface area contributed by atoms with Gasteiger partial charge in [-0.3, -0.25) is 9.20 Å². The number of carbonyl (C=O) groups excluding carboxylic acids is 1. The Labute approximate surface area is 138 Å². The molecule has 1 N–H and O–H groups in total. The Bertz CT molecular complexity index is 857. The van der Waals surface area contributed by atoms with Gasteiger partial charge in [-0.1, -0.05) is 29.5 Å². The minimum Gasteiger partial charge on any atom is -0.325 e. The molecular weight excluding hydrogens is 310 g/mol. The number of thioether (sulfide) groups is 1. The maximum absolute atomic E-state index is 12.1. The number of nitrogens with one attached hydrogen (secondary N) is 1. The molecule has 0 saturated heterocycles. The molecule has 0 radical (unpaired) electrons. The minimum atomic E-state index is -0.0756. The van der Waals surface area contributed by atoms with E-state index in [1.165, 1.54) is 11.8 Å². The predicted molar refractivity (Wildman–Crippen MR) is 90.8 cm³/mol. The van der Waals surface area contributed by atoms with Crippen LogP contribution in [0.5, 0.6) is 0 Å². The van der Waals surface area contributed by atoms with Gasteiger partial charge in [-0.2, -0.15) is 0 Å². The van der Waals surface area contributed by atoms with E-state index in [0.29, 0.717) is 10.9 Å². The number of amides is 1. The van der Waals surface area contributed by atoms with E-state index in [-0.39, 0.29) is 11.7 Å². The van der Waals surface area contributed by atoms with E-state index in [1.54, 1.807) is 0 Å². The summed E-state index contributed by atoms with van der Waals surface area (Å²) in [6, 6.07) is 9.67. The fourth-order valence-corrected chi connectivity index (χ4v) is 3.04. The van der Waals surface area contributed by atoms with E-state index in [4.69, 9.17) is 0 Å². The highest BCUT2D eigenvalue weighted by atomic mass is 32.2. The van der Waals surface area contributed by atoms with Crippen molar-refractivity contribution in [1.82, 2.24) is 19.6 Å². The summed E-state index contributed by atoms with van der Waals surface area (Å²) in [6.07, 6.45) is 0. The Morgan fingerprint density at radius 1 is 1.17 bits per heavy atom. The fraction of sp³-hybridized carbons (Fsp3) is 0.250. The van der Waals surface area contributed by atoms with E-state index in [1.807, 2.05) is 55.5 Å². The maximum Gasteiger partial charge on any atom is 0.256 e. The molecule has 2 heterocycles. The largest absolute Gasteiger partial charge is 0.325 e. The van der Waals surface area contributed by atoms with Crippen LogP contribution in [0.2, 0.25) is 0 Å². The number of nitrogens with zero attached hydrogens (tertiary/aromatic N) is 4. The van der Waals surface area contributed by atoms with Gasteiger partial charge in [0.05, 0.1) is 5.75 Å². The smallest absolute Gasteiger partial charge is 0.256 e. The first-order valence-electron chi connectivity index (χ1n) is 7.21. The van der Waals surface area contributed by atoms with Crippen LogP contribution in [0, 0.1) is 20.8 Å². The number of fused-ring (bicyclic) bond motifs is 1. The molecule has 7 heteroatoms. The van der Waals surface area contributed by atoms with Gasteiger partial charge in [0.15, 0.2) is 5.16 Å². The Morgan fingerprint density at radius 2 is 1.91 bits per heavy atom. The molecule has 2 aromatic heterocycles. The zero-order valence-electron chi connectivity index (χ0n) is 13.2. The molecule has 0 spiro atoms. The maximum atomic E-state index is 12.1. The molecule has 0 aliphatic carbocycles. The summed E-state index contributed by atoms with van der Waals surface area (Å²) in [5, 5.41) is 11.7. The van der Waals surface area contributed by atoms with Gasteiger partial charge in [0.25, 0.3) is 5.78 Å². The Kier molecular flexibility index (Phi) is 4.29. The van der Waals surface area contributed by atoms with Crippen LogP contribution in [-0.2, 0) is 4.79 Å². The van der Waals surface area contributed by atoms with Crippen LogP contribution in [0.4, 0.5) is 5.69 Å². The SMILES string of the molecule is Cc1ccc(NC(=O)CSc2nnc3nc(C)cc(C)n23)cc1. The van der Waals surface area contributed by atoms with E-state index in [9.17, 15) is 4.79 Å². The summed E-state index contributed by atoms with van der Waals surface area (Å²) in [5.74, 6) is 0.749. The highest BCUT2D eigenvalue weighted by Gasteiger charge is 2.12. The molecule has 3 rings (SSSR count). The summed E-state index contributed by atoms with van der Waals surface area (Å²) in [6.45, 7) is 5.90. The zero-order chi connectivity index (χ0) is 16.4. The van der Waals surface area contributed by atoms with Crippen molar-refractivity contribution < 1.29 is 4.79 Å². The molecule has 0 aliphatic heterocycles. The molecule has 0 bridgehead atoms. The third kappa shape index (κ3) is 3.50. The summed E-state index contributed by atoms with van der Waals surface area (Å²) in [5.41, 5.74) is 3.85. The van der Waals surface area contributed by atoms with Crippen molar-refractivity contribution in [3.05, 3.63) is 47.3 Å². The lowest BCUT2D eigenvalue weighted by molar-refractivity contribution is -0.113. The van der Waals surface area contributed by atoms with Crippen molar-refractivity contribution in [1.29, 1.82) is 0 Å². The number of hydrogen-bond donors (Lipinski definition) is 1. The number of hydrogen-bond acceptors (Lipinski definition) is 5. The van der Waals surface area contributed by atoms with Crippen molar-refractivity contribution in [2.75, 3.05) is 11.1 Å². The van der Waals surface area contributed by atoms with Gasteiger partial charge in [0, 0.05) is 17.1 Å². The lowest BCUT2D eigenvalue weighted by Crippen LogP contribution is -2.14. The summed E-state index contributed by atoms with van der Waals surface area (Å²) < 4.78 is 1.86. The van der Waals surface area contributed by atoms with Gasteiger partial charge in [-0.25, -0.2) is 4.98 Å². The van der Waals surface area contributed by atoms with Crippen LogP contribution in [0.3, 0.4) is 0 Å². The van der Waals surface area contributed by atoms with Crippen LogP contribution in [0.25, 0.3) is 5.78 Å². The molecule has 1 aromatic carbocycles. The van der Waals surface area contributed by atoms with E-state index in [0.717, 1.165) is 22.6 Å².